The number of piperidine rings is 1. The second-order valence-electron chi connectivity index (χ2n) is 6.65. The molecular formula is C20H23N3O3S2. The number of rotatable bonds is 5. The van der Waals surface area contributed by atoms with Gasteiger partial charge in [-0.2, -0.15) is 4.31 Å². The second kappa shape index (κ2) is 9.27. The first-order chi connectivity index (χ1) is 13.4. The van der Waals surface area contributed by atoms with Crippen LogP contribution >= 0.6 is 12.2 Å². The van der Waals surface area contributed by atoms with Gasteiger partial charge in [0.15, 0.2) is 5.11 Å². The number of anilines is 1. The van der Waals surface area contributed by atoms with Crippen LogP contribution in [0, 0.1) is 0 Å². The Morgan fingerprint density at radius 1 is 0.964 bits per heavy atom. The summed E-state index contributed by atoms with van der Waals surface area (Å²) in [5.74, 6) is -0.215. The van der Waals surface area contributed by atoms with Crippen molar-refractivity contribution < 1.29 is 13.2 Å². The van der Waals surface area contributed by atoms with Crippen molar-refractivity contribution in [2.75, 3.05) is 18.4 Å². The van der Waals surface area contributed by atoms with Gasteiger partial charge in [0.2, 0.25) is 15.9 Å². The van der Waals surface area contributed by atoms with Crippen molar-refractivity contribution in [1.82, 2.24) is 9.62 Å². The van der Waals surface area contributed by atoms with E-state index in [9.17, 15) is 13.2 Å². The molecular weight excluding hydrogens is 394 g/mol. The van der Waals surface area contributed by atoms with Crippen LogP contribution in [-0.2, 0) is 21.2 Å². The summed E-state index contributed by atoms with van der Waals surface area (Å²) >= 11 is 5.17. The lowest BCUT2D eigenvalue weighted by atomic mass is 10.1. The molecule has 0 saturated carbocycles. The number of carbonyl (C=O) groups is 1. The summed E-state index contributed by atoms with van der Waals surface area (Å²) < 4.78 is 26.9. The predicted molar refractivity (Wildman–Crippen MR) is 114 cm³/mol. The van der Waals surface area contributed by atoms with Gasteiger partial charge in [-0.15, -0.1) is 0 Å². The average Bonchev–Trinajstić information content (AvgIpc) is 2.69. The van der Waals surface area contributed by atoms with Gasteiger partial charge in [0.25, 0.3) is 0 Å². The second-order valence-corrected chi connectivity index (χ2v) is 9.00. The maximum absolute atomic E-state index is 12.7. The quantitative estimate of drug-likeness (QED) is 0.732. The van der Waals surface area contributed by atoms with Crippen molar-refractivity contribution in [2.24, 2.45) is 0 Å². The third kappa shape index (κ3) is 5.37. The number of thiocarbonyl (C=S) groups is 1. The highest BCUT2D eigenvalue weighted by Gasteiger charge is 2.25. The number of nitrogens with zero attached hydrogens (tertiary/aromatic N) is 1. The van der Waals surface area contributed by atoms with E-state index in [0.29, 0.717) is 18.8 Å². The van der Waals surface area contributed by atoms with Crippen molar-refractivity contribution in [3.8, 4) is 0 Å². The summed E-state index contributed by atoms with van der Waals surface area (Å²) in [4.78, 5) is 12.3. The Morgan fingerprint density at radius 3 is 2.25 bits per heavy atom. The molecule has 8 heteroatoms. The molecule has 0 aliphatic carbocycles. The first kappa shape index (κ1) is 20.4. The van der Waals surface area contributed by atoms with E-state index >= 15 is 0 Å². The van der Waals surface area contributed by atoms with Crippen LogP contribution in [0.25, 0.3) is 0 Å². The number of sulfonamides is 1. The van der Waals surface area contributed by atoms with Gasteiger partial charge in [-0.1, -0.05) is 36.8 Å². The van der Waals surface area contributed by atoms with Gasteiger partial charge in [-0.25, -0.2) is 8.42 Å². The Balaban J connectivity index is 1.56. The molecule has 0 atom stereocenters. The largest absolute Gasteiger partial charge is 0.332 e. The molecule has 0 bridgehead atoms. The summed E-state index contributed by atoms with van der Waals surface area (Å²) in [6, 6.07) is 15.8. The fourth-order valence-corrected chi connectivity index (χ4v) is 4.83. The molecule has 1 saturated heterocycles. The van der Waals surface area contributed by atoms with E-state index in [4.69, 9.17) is 12.2 Å². The van der Waals surface area contributed by atoms with E-state index in [2.05, 4.69) is 10.6 Å². The average molecular weight is 418 g/mol. The number of hydrogen-bond acceptors (Lipinski definition) is 4. The Morgan fingerprint density at radius 2 is 1.61 bits per heavy atom. The molecule has 1 fully saturated rings. The summed E-state index contributed by atoms with van der Waals surface area (Å²) in [6.07, 6.45) is 3.10. The van der Waals surface area contributed by atoms with Gasteiger partial charge < -0.3 is 10.6 Å². The highest BCUT2D eigenvalue weighted by molar-refractivity contribution is 7.89. The van der Waals surface area contributed by atoms with E-state index in [1.54, 1.807) is 24.3 Å². The maximum Gasteiger partial charge on any atom is 0.243 e. The molecule has 2 N–H and O–H groups in total. The van der Waals surface area contributed by atoms with Crippen molar-refractivity contribution in [3.05, 3.63) is 60.2 Å². The molecule has 1 aliphatic rings. The zero-order valence-corrected chi connectivity index (χ0v) is 17.1. The lowest BCUT2D eigenvalue weighted by molar-refractivity contribution is -0.119. The molecule has 6 nitrogen and oxygen atoms in total. The Hall–Kier alpha value is -2.29. The van der Waals surface area contributed by atoms with Gasteiger partial charge in [0, 0.05) is 18.8 Å². The van der Waals surface area contributed by atoms with E-state index in [1.807, 2.05) is 30.3 Å². The SMILES string of the molecule is O=C(Cc1ccccc1)NC(=S)Nc1ccc(S(=O)(=O)N2CCCCC2)cc1. The molecule has 0 radical (unpaired) electrons. The highest BCUT2D eigenvalue weighted by atomic mass is 32.2. The molecule has 0 unspecified atom stereocenters. The monoisotopic (exact) mass is 417 g/mol. The van der Waals surface area contributed by atoms with Crippen LogP contribution < -0.4 is 10.6 Å². The van der Waals surface area contributed by atoms with Gasteiger partial charge in [-0.05, 0) is 54.9 Å². The Bertz CT molecular complexity index is 923. The minimum Gasteiger partial charge on any atom is -0.332 e. The van der Waals surface area contributed by atoms with Crippen LogP contribution in [-0.4, -0.2) is 36.8 Å². The van der Waals surface area contributed by atoms with Crippen molar-refractivity contribution >= 4 is 38.9 Å². The third-order valence-corrected chi connectivity index (χ3v) is 6.64. The molecule has 148 valence electrons. The van der Waals surface area contributed by atoms with E-state index in [-0.39, 0.29) is 22.3 Å². The summed E-state index contributed by atoms with van der Waals surface area (Å²) in [7, 11) is -3.46. The van der Waals surface area contributed by atoms with E-state index in [1.165, 1.54) is 4.31 Å². The Labute approximate surface area is 171 Å². The lowest BCUT2D eigenvalue weighted by Crippen LogP contribution is -2.36. The molecule has 3 rings (SSSR count). The topological polar surface area (TPSA) is 78.5 Å². The molecule has 1 aliphatic heterocycles. The van der Waals surface area contributed by atoms with Crippen LogP contribution in [0.3, 0.4) is 0 Å². The number of amides is 1. The minimum atomic E-state index is -3.46. The fraction of sp³-hybridized carbons (Fsp3) is 0.300. The highest BCUT2D eigenvalue weighted by Crippen LogP contribution is 2.21. The maximum atomic E-state index is 12.7. The van der Waals surface area contributed by atoms with Crippen LogP contribution in [0.1, 0.15) is 24.8 Å². The zero-order chi connectivity index (χ0) is 20.0. The molecule has 2 aromatic carbocycles. The fourth-order valence-electron chi connectivity index (χ4n) is 3.08. The molecule has 2 aromatic rings. The molecule has 0 aromatic heterocycles. The number of benzene rings is 2. The molecule has 1 heterocycles. The van der Waals surface area contributed by atoms with Crippen LogP contribution in [0.15, 0.2) is 59.5 Å². The summed E-state index contributed by atoms with van der Waals surface area (Å²) in [5, 5.41) is 5.71. The van der Waals surface area contributed by atoms with Crippen LogP contribution in [0.5, 0.6) is 0 Å². The lowest BCUT2D eigenvalue weighted by Gasteiger charge is -2.25. The molecule has 1 amide bonds. The van der Waals surface area contributed by atoms with Gasteiger partial charge in [0.05, 0.1) is 11.3 Å². The third-order valence-electron chi connectivity index (χ3n) is 4.53. The van der Waals surface area contributed by atoms with E-state index < -0.39 is 10.0 Å². The van der Waals surface area contributed by atoms with Crippen LogP contribution in [0.2, 0.25) is 0 Å². The standard InChI is InChI=1S/C20H23N3O3S2/c24-19(15-16-7-3-1-4-8-16)22-20(27)21-17-9-11-18(12-10-17)28(25,26)23-13-5-2-6-14-23/h1,3-4,7-12H,2,5-6,13-15H2,(H2,21,22,24,27). The predicted octanol–water partition coefficient (Wildman–Crippen LogP) is 2.92. The van der Waals surface area contributed by atoms with Gasteiger partial charge in [0.1, 0.15) is 0 Å². The molecule has 28 heavy (non-hydrogen) atoms. The smallest absolute Gasteiger partial charge is 0.243 e. The molecule has 0 spiro atoms. The normalized spacial score (nSPS) is 15.0. The number of hydrogen-bond donors (Lipinski definition) is 2. The zero-order valence-electron chi connectivity index (χ0n) is 15.4. The van der Waals surface area contributed by atoms with Crippen molar-refractivity contribution in [1.29, 1.82) is 0 Å². The Kier molecular flexibility index (Phi) is 6.77. The number of carbonyl (C=O) groups excluding carboxylic acids is 1. The minimum absolute atomic E-state index is 0.174. The first-order valence-electron chi connectivity index (χ1n) is 9.20. The van der Waals surface area contributed by atoms with Crippen molar-refractivity contribution in [3.63, 3.8) is 0 Å². The van der Waals surface area contributed by atoms with Gasteiger partial charge in [-0.3, -0.25) is 4.79 Å². The summed E-state index contributed by atoms with van der Waals surface area (Å²) in [6.45, 7) is 1.14. The summed E-state index contributed by atoms with van der Waals surface area (Å²) in [5.41, 5.74) is 1.51. The van der Waals surface area contributed by atoms with Gasteiger partial charge >= 0.3 is 0 Å². The van der Waals surface area contributed by atoms with Crippen molar-refractivity contribution in [2.45, 2.75) is 30.6 Å². The number of nitrogens with one attached hydrogen (secondary N) is 2. The van der Waals surface area contributed by atoms with Crippen LogP contribution in [0.4, 0.5) is 5.69 Å². The first-order valence-corrected chi connectivity index (χ1v) is 11.0. The van der Waals surface area contributed by atoms with E-state index in [0.717, 1.165) is 24.8 Å².